The van der Waals surface area contributed by atoms with E-state index in [0.717, 1.165) is 13.0 Å². The van der Waals surface area contributed by atoms with Gasteiger partial charge < -0.3 is 47.4 Å². The summed E-state index contributed by atoms with van der Waals surface area (Å²) in [6.07, 6.45) is 12.0. The number of rotatable bonds is 37. The van der Waals surface area contributed by atoms with Crippen LogP contribution < -0.4 is 0 Å². The minimum atomic E-state index is 0.508. The van der Waals surface area contributed by atoms with Crippen LogP contribution in [-0.2, 0) is 47.4 Å². The molecule has 0 heterocycles. The Hall–Kier alpha value is -0.820. The number of hydrogen-bond donors (Lipinski definition) is 0. The molecule has 0 radical (unpaired) electrons. The largest absolute Gasteiger partial charge is 0.499 e. The third-order valence-corrected chi connectivity index (χ3v) is 5.58. The average molecular weight is 581 g/mol. The fraction of sp³-hybridized carbons (Fsp3) is 0.933. The first-order chi connectivity index (χ1) is 19.9. The minimum Gasteiger partial charge on any atom is -0.499 e. The van der Waals surface area contributed by atoms with Gasteiger partial charge in [0, 0.05) is 6.61 Å². The lowest BCUT2D eigenvalue weighted by Crippen LogP contribution is -2.15. The second-order valence-electron chi connectivity index (χ2n) is 9.02. The van der Waals surface area contributed by atoms with Gasteiger partial charge in [0.2, 0.25) is 0 Å². The molecule has 10 heteroatoms. The maximum Gasteiger partial charge on any atom is 0.111 e. The molecule has 0 atom stereocenters. The Morgan fingerprint density at radius 2 is 0.575 bits per heavy atom. The van der Waals surface area contributed by atoms with Gasteiger partial charge in [-0.1, -0.05) is 58.4 Å². The lowest BCUT2D eigenvalue weighted by Gasteiger charge is -2.09. The van der Waals surface area contributed by atoms with Crippen molar-refractivity contribution in [1.82, 2.24) is 0 Å². The van der Waals surface area contributed by atoms with E-state index in [1.807, 2.05) is 0 Å². The lowest BCUT2D eigenvalue weighted by molar-refractivity contribution is -0.0256. The number of ether oxygens (including phenoxy) is 10. The topological polar surface area (TPSA) is 92.3 Å². The van der Waals surface area contributed by atoms with Crippen LogP contribution in [0.1, 0.15) is 58.3 Å². The van der Waals surface area contributed by atoms with Gasteiger partial charge in [0.15, 0.2) is 0 Å². The summed E-state index contributed by atoms with van der Waals surface area (Å²) < 4.78 is 54.2. The summed E-state index contributed by atoms with van der Waals surface area (Å²) in [6, 6.07) is 0. The Morgan fingerprint density at radius 3 is 0.875 bits per heavy atom. The first-order valence-corrected chi connectivity index (χ1v) is 15.3. The van der Waals surface area contributed by atoms with Gasteiger partial charge in [-0.25, -0.2) is 0 Å². The fourth-order valence-corrected chi connectivity index (χ4v) is 3.39. The van der Waals surface area contributed by atoms with E-state index >= 15 is 0 Å². The Balaban J connectivity index is 3.02. The van der Waals surface area contributed by atoms with Crippen molar-refractivity contribution in [3.05, 3.63) is 12.8 Å². The maximum atomic E-state index is 5.61. The molecule has 0 amide bonds. The number of unbranched alkanes of at least 4 members (excludes halogenated alkanes) is 7. The zero-order valence-corrected chi connectivity index (χ0v) is 25.5. The fourth-order valence-electron chi connectivity index (χ4n) is 3.39. The monoisotopic (exact) mass is 580 g/mol. The van der Waals surface area contributed by atoms with Crippen molar-refractivity contribution in [3.8, 4) is 0 Å². The molecule has 10 nitrogen and oxygen atoms in total. The van der Waals surface area contributed by atoms with Gasteiger partial charge in [-0.05, 0) is 6.42 Å². The maximum absolute atomic E-state index is 5.61. The predicted octanol–water partition coefficient (Wildman–Crippen LogP) is 4.44. The summed E-state index contributed by atoms with van der Waals surface area (Å²) >= 11 is 0. The van der Waals surface area contributed by atoms with E-state index in [4.69, 9.17) is 47.4 Å². The average Bonchev–Trinajstić information content (AvgIpc) is 2.97. The van der Waals surface area contributed by atoms with Crippen LogP contribution in [0.5, 0.6) is 0 Å². The summed E-state index contributed by atoms with van der Waals surface area (Å²) in [6.45, 7) is 16.4. The molecule has 0 aliphatic rings. The minimum absolute atomic E-state index is 0.508. The molecule has 0 aromatic heterocycles. The van der Waals surface area contributed by atoms with Crippen LogP contribution in [0.15, 0.2) is 12.8 Å². The summed E-state index contributed by atoms with van der Waals surface area (Å²) in [5.41, 5.74) is 0. The molecule has 0 fully saturated rings. The summed E-state index contributed by atoms with van der Waals surface area (Å²) in [5.74, 6) is 0. The Labute approximate surface area is 244 Å². The smallest absolute Gasteiger partial charge is 0.111 e. The highest BCUT2D eigenvalue weighted by molar-refractivity contribution is 4.48. The van der Waals surface area contributed by atoms with Gasteiger partial charge >= 0.3 is 0 Å². The lowest BCUT2D eigenvalue weighted by atomic mass is 10.1. The zero-order chi connectivity index (χ0) is 28.9. The molecule has 0 unspecified atom stereocenters. The molecule has 0 aliphatic heterocycles. The third kappa shape index (κ3) is 37.2. The molecule has 0 spiro atoms. The van der Waals surface area contributed by atoms with E-state index in [1.165, 1.54) is 51.2 Å². The van der Waals surface area contributed by atoms with E-state index in [2.05, 4.69) is 13.5 Å². The van der Waals surface area contributed by atoms with Crippen molar-refractivity contribution in [1.29, 1.82) is 0 Å². The van der Waals surface area contributed by atoms with Gasteiger partial charge in [0.05, 0.1) is 119 Å². The molecule has 0 aliphatic carbocycles. The van der Waals surface area contributed by atoms with Gasteiger partial charge in [0.1, 0.15) is 6.61 Å². The Kier molecular flexibility index (Phi) is 37.4. The van der Waals surface area contributed by atoms with E-state index in [0.29, 0.717) is 119 Å². The van der Waals surface area contributed by atoms with Crippen LogP contribution in [0.4, 0.5) is 0 Å². The molecule has 0 aromatic carbocycles. The SMILES string of the molecule is C=COCCOCCOCCOCCOCCOCCOCCOCCOCCOCCCCCCCCCC. The quantitative estimate of drug-likeness (QED) is 0.0776. The highest BCUT2D eigenvalue weighted by Gasteiger charge is 1.96. The van der Waals surface area contributed by atoms with E-state index in [1.54, 1.807) is 0 Å². The zero-order valence-electron chi connectivity index (χ0n) is 25.5. The van der Waals surface area contributed by atoms with Gasteiger partial charge in [-0.3, -0.25) is 0 Å². The van der Waals surface area contributed by atoms with Crippen molar-refractivity contribution in [2.75, 3.05) is 126 Å². The normalized spacial score (nSPS) is 11.3. The molecular formula is C30H60O10. The van der Waals surface area contributed by atoms with E-state index in [-0.39, 0.29) is 0 Å². The first-order valence-electron chi connectivity index (χ1n) is 15.3. The van der Waals surface area contributed by atoms with Crippen molar-refractivity contribution < 1.29 is 47.4 Å². The van der Waals surface area contributed by atoms with Crippen molar-refractivity contribution in [3.63, 3.8) is 0 Å². The molecule has 0 saturated heterocycles. The molecule has 0 saturated carbocycles. The van der Waals surface area contributed by atoms with Crippen molar-refractivity contribution in [2.45, 2.75) is 58.3 Å². The number of hydrogen-bond acceptors (Lipinski definition) is 10. The third-order valence-electron chi connectivity index (χ3n) is 5.58. The van der Waals surface area contributed by atoms with Crippen LogP contribution >= 0.6 is 0 Å². The second kappa shape index (κ2) is 38.2. The molecule has 0 rings (SSSR count). The van der Waals surface area contributed by atoms with Crippen LogP contribution in [0, 0.1) is 0 Å². The highest BCUT2D eigenvalue weighted by Crippen LogP contribution is 2.08. The second-order valence-corrected chi connectivity index (χ2v) is 9.02. The summed E-state index contributed by atoms with van der Waals surface area (Å²) in [5, 5.41) is 0. The highest BCUT2D eigenvalue weighted by atomic mass is 16.6. The summed E-state index contributed by atoms with van der Waals surface area (Å²) in [4.78, 5) is 0. The predicted molar refractivity (Wildman–Crippen MR) is 156 cm³/mol. The van der Waals surface area contributed by atoms with Crippen molar-refractivity contribution >= 4 is 0 Å². The Morgan fingerprint density at radius 1 is 0.325 bits per heavy atom. The summed E-state index contributed by atoms with van der Waals surface area (Å²) in [7, 11) is 0. The van der Waals surface area contributed by atoms with Crippen molar-refractivity contribution in [2.24, 2.45) is 0 Å². The molecule has 0 aromatic rings. The molecule has 240 valence electrons. The van der Waals surface area contributed by atoms with Gasteiger partial charge in [-0.15, -0.1) is 0 Å². The van der Waals surface area contributed by atoms with E-state index in [9.17, 15) is 0 Å². The van der Waals surface area contributed by atoms with E-state index < -0.39 is 0 Å². The van der Waals surface area contributed by atoms with Crippen LogP contribution in [0.3, 0.4) is 0 Å². The molecular weight excluding hydrogens is 520 g/mol. The molecule has 0 bridgehead atoms. The van der Waals surface area contributed by atoms with Crippen LogP contribution in [0.2, 0.25) is 0 Å². The molecule has 40 heavy (non-hydrogen) atoms. The van der Waals surface area contributed by atoms with Gasteiger partial charge in [0.25, 0.3) is 0 Å². The van der Waals surface area contributed by atoms with Crippen LogP contribution in [0.25, 0.3) is 0 Å². The Bertz CT molecular complexity index is 456. The first kappa shape index (κ1) is 39.2. The van der Waals surface area contributed by atoms with Gasteiger partial charge in [-0.2, -0.15) is 0 Å². The standard InChI is InChI=1S/C30H60O10/c1-3-5-6-7-8-9-10-11-12-32-15-16-34-19-20-36-23-24-38-27-28-40-30-29-39-26-25-37-22-21-35-18-17-33-14-13-31-4-2/h4H,2-3,5-30H2,1H3. The molecule has 0 N–H and O–H groups in total. The van der Waals surface area contributed by atoms with Crippen LogP contribution in [-0.4, -0.2) is 126 Å².